The minimum absolute atomic E-state index is 0.210. The Morgan fingerprint density at radius 3 is 2.55 bits per heavy atom. The molecule has 172 valence electrons. The van der Waals surface area contributed by atoms with E-state index in [2.05, 4.69) is 32.9 Å². The highest BCUT2D eigenvalue weighted by molar-refractivity contribution is 7.89. The number of rotatable bonds is 10. The van der Waals surface area contributed by atoms with Crippen LogP contribution in [-0.4, -0.2) is 51.0 Å². The van der Waals surface area contributed by atoms with Crippen LogP contribution in [0.5, 0.6) is 0 Å². The SMILES string of the molecule is CCN(CCNc1cccc2cc(Cl)ccc12)CCNS(=O)(=O)c1cccc2cccnc12. The van der Waals surface area contributed by atoms with Crippen molar-refractivity contribution in [3.8, 4) is 0 Å². The van der Waals surface area contributed by atoms with Gasteiger partial charge in [-0.15, -0.1) is 0 Å². The standard InChI is InChI=1S/C25H27ClN4O2S/c1-2-30(16-14-27-23-9-3-7-20-18-21(26)11-12-22(20)23)17-15-29-33(31,32)24-10-4-6-19-8-5-13-28-25(19)24/h3-13,18,27,29H,2,14-17H2,1H3. The Balaban J connectivity index is 1.33. The van der Waals surface area contributed by atoms with Crippen molar-refractivity contribution < 1.29 is 8.42 Å². The van der Waals surface area contributed by atoms with Crippen molar-refractivity contribution >= 4 is 49.0 Å². The molecule has 0 unspecified atom stereocenters. The lowest BCUT2D eigenvalue weighted by Gasteiger charge is -2.21. The summed E-state index contributed by atoms with van der Waals surface area (Å²) in [6.07, 6.45) is 1.61. The summed E-state index contributed by atoms with van der Waals surface area (Å²) in [5.41, 5.74) is 1.55. The van der Waals surface area contributed by atoms with Crippen LogP contribution in [0.15, 0.2) is 77.8 Å². The number of pyridine rings is 1. The summed E-state index contributed by atoms with van der Waals surface area (Å²) in [6, 6.07) is 20.8. The number of hydrogen-bond donors (Lipinski definition) is 2. The Morgan fingerprint density at radius 1 is 0.939 bits per heavy atom. The number of fused-ring (bicyclic) bond motifs is 2. The molecule has 0 aliphatic rings. The Morgan fingerprint density at radius 2 is 1.70 bits per heavy atom. The average Bonchev–Trinajstić information content (AvgIpc) is 2.82. The van der Waals surface area contributed by atoms with Gasteiger partial charge in [0.1, 0.15) is 4.90 Å². The summed E-state index contributed by atoms with van der Waals surface area (Å²) in [5, 5.41) is 7.24. The number of anilines is 1. The fourth-order valence-electron chi connectivity index (χ4n) is 3.89. The molecule has 0 aliphatic carbocycles. The number of nitrogens with zero attached hydrogens (tertiary/aromatic N) is 2. The molecule has 0 saturated carbocycles. The lowest BCUT2D eigenvalue weighted by Crippen LogP contribution is -2.37. The third kappa shape index (κ3) is 5.62. The van der Waals surface area contributed by atoms with E-state index >= 15 is 0 Å². The fraction of sp³-hybridized carbons (Fsp3) is 0.240. The van der Waals surface area contributed by atoms with Gasteiger partial charge in [-0.2, -0.15) is 0 Å². The molecular weight excluding hydrogens is 456 g/mol. The summed E-state index contributed by atoms with van der Waals surface area (Å²) in [4.78, 5) is 6.67. The van der Waals surface area contributed by atoms with Gasteiger partial charge in [-0.05, 0) is 42.3 Å². The molecule has 0 bridgehead atoms. The van der Waals surface area contributed by atoms with Crippen LogP contribution >= 0.6 is 11.6 Å². The van der Waals surface area contributed by atoms with Gasteiger partial charge in [-0.1, -0.05) is 54.9 Å². The second-order valence-corrected chi connectivity index (χ2v) is 9.93. The number of aromatic nitrogens is 1. The van der Waals surface area contributed by atoms with E-state index in [0.717, 1.165) is 46.5 Å². The summed E-state index contributed by atoms with van der Waals surface area (Å²) in [7, 11) is -3.65. The predicted octanol–water partition coefficient (Wildman–Crippen LogP) is 4.75. The first-order valence-electron chi connectivity index (χ1n) is 11.0. The predicted molar refractivity (Wildman–Crippen MR) is 136 cm³/mol. The number of benzene rings is 3. The van der Waals surface area contributed by atoms with E-state index in [1.54, 1.807) is 24.4 Å². The van der Waals surface area contributed by atoms with Crippen LogP contribution in [-0.2, 0) is 10.0 Å². The van der Waals surface area contributed by atoms with Crippen LogP contribution < -0.4 is 10.0 Å². The van der Waals surface area contributed by atoms with E-state index in [-0.39, 0.29) is 4.90 Å². The number of likely N-dealkylation sites (N-methyl/N-ethyl adjacent to an activating group) is 1. The van der Waals surface area contributed by atoms with Gasteiger partial charge < -0.3 is 10.2 Å². The Labute approximate surface area is 199 Å². The first-order valence-corrected chi connectivity index (χ1v) is 12.8. The van der Waals surface area contributed by atoms with E-state index in [4.69, 9.17) is 11.6 Å². The largest absolute Gasteiger partial charge is 0.383 e. The van der Waals surface area contributed by atoms with Crippen LogP contribution in [0.1, 0.15) is 6.92 Å². The van der Waals surface area contributed by atoms with E-state index < -0.39 is 10.0 Å². The highest BCUT2D eigenvalue weighted by Gasteiger charge is 2.18. The van der Waals surface area contributed by atoms with E-state index in [9.17, 15) is 8.42 Å². The van der Waals surface area contributed by atoms with Gasteiger partial charge in [0.25, 0.3) is 0 Å². The van der Waals surface area contributed by atoms with Crippen molar-refractivity contribution in [1.82, 2.24) is 14.6 Å². The van der Waals surface area contributed by atoms with Crippen LogP contribution in [0.4, 0.5) is 5.69 Å². The summed E-state index contributed by atoms with van der Waals surface area (Å²) < 4.78 is 28.5. The molecule has 0 spiro atoms. The van der Waals surface area contributed by atoms with Gasteiger partial charge in [-0.3, -0.25) is 4.98 Å². The molecule has 0 amide bonds. The van der Waals surface area contributed by atoms with Crippen molar-refractivity contribution in [2.24, 2.45) is 0 Å². The summed E-state index contributed by atoms with van der Waals surface area (Å²) >= 11 is 6.10. The molecule has 33 heavy (non-hydrogen) atoms. The maximum atomic E-state index is 12.9. The van der Waals surface area contributed by atoms with Gasteiger partial charge in [-0.25, -0.2) is 13.1 Å². The Bertz CT molecular complexity index is 1360. The molecule has 0 atom stereocenters. The third-order valence-corrected chi connectivity index (χ3v) is 7.37. The fourth-order valence-corrected chi connectivity index (χ4v) is 5.27. The van der Waals surface area contributed by atoms with Crippen molar-refractivity contribution in [2.75, 3.05) is 38.0 Å². The number of hydrogen-bond acceptors (Lipinski definition) is 5. The molecule has 8 heteroatoms. The van der Waals surface area contributed by atoms with Crippen LogP contribution in [0, 0.1) is 0 Å². The van der Waals surface area contributed by atoms with Crippen LogP contribution in [0.2, 0.25) is 5.02 Å². The van der Waals surface area contributed by atoms with E-state index in [1.807, 2.05) is 42.5 Å². The lowest BCUT2D eigenvalue weighted by atomic mass is 10.1. The van der Waals surface area contributed by atoms with Gasteiger partial charge in [0.2, 0.25) is 10.0 Å². The Kier molecular flexibility index (Phi) is 7.45. The third-order valence-electron chi connectivity index (χ3n) is 5.64. The number of para-hydroxylation sites is 1. The highest BCUT2D eigenvalue weighted by Crippen LogP contribution is 2.26. The molecular formula is C25H27ClN4O2S. The van der Waals surface area contributed by atoms with Gasteiger partial charge >= 0.3 is 0 Å². The zero-order valence-corrected chi connectivity index (χ0v) is 20.0. The molecule has 0 saturated heterocycles. The monoisotopic (exact) mass is 482 g/mol. The van der Waals surface area contributed by atoms with E-state index in [1.165, 1.54) is 0 Å². The molecule has 0 aliphatic heterocycles. The smallest absolute Gasteiger partial charge is 0.242 e. The average molecular weight is 483 g/mol. The molecule has 3 aromatic carbocycles. The van der Waals surface area contributed by atoms with Gasteiger partial charge in [0, 0.05) is 53.9 Å². The molecule has 1 heterocycles. The van der Waals surface area contributed by atoms with Crippen molar-refractivity contribution in [1.29, 1.82) is 0 Å². The Hall–Kier alpha value is -2.71. The second kappa shape index (κ2) is 10.5. The molecule has 4 aromatic rings. The number of nitrogens with one attached hydrogen (secondary N) is 2. The minimum atomic E-state index is -3.65. The van der Waals surface area contributed by atoms with Gasteiger partial charge in [0.15, 0.2) is 0 Å². The molecule has 0 fully saturated rings. The topological polar surface area (TPSA) is 74.3 Å². The van der Waals surface area contributed by atoms with Crippen molar-refractivity contribution in [3.63, 3.8) is 0 Å². The first-order chi connectivity index (χ1) is 16.0. The maximum Gasteiger partial charge on any atom is 0.242 e. The zero-order chi connectivity index (χ0) is 23.3. The normalized spacial score (nSPS) is 12.0. The van der Waals surface area contributed by atoms with Crippen molar-refractivity contribution in [2.45, 2.75) is 11.8 Å². The lowest BCUT2D eigenvalue weighted by molar-refractivity contribution is 0.304. The highest BCUT2D eigenvalue weighted by atomic mass is 35.5. The first kappa shape index (κ1) is 23.4. The molecule has 0 radical (unpaired) electrons. The molecule has 4 rings (SSSR count). The quantitative estimate of drug-likeness (QED) is 0.341. The van der Waals surface area contributed by atoms with Gasteiger partial charge in [0.05, 0.1) is 5.52 Å². The number of halogens is 1. The molecule has 1 aromatic heterocycles. The zero-order valence-electron chi connectivity index (χ0n) is 18.5. The summed E-state index contributed by atoms with van der Waals surface area (Å²) in [5.74, 6) is 0. The molecule has 2 N–H and O–H groups in total. The maximum absolute atomic E-state index is 12.9. The number of sulfonamides is 1. The van der Waals surface area contributed by atoms with E-state index in [0.29, 0.717) is 18.6 Å². The second-order valence-electron chi connectivity index (χ2n) is 7.76. The van der Waals surface area contributed by atoms with Crippen LogP contribution in [0.25, 0.3) is 21.7 Å². The summed E-state index contributed by atoms with van der Waals surface area (Å²) in [6.45, 7) is 5.37. The molecule has 6 nitrogen and oxygen atoms in total. The van der Waals surface area contributed by atoms with Crippen LogP contribution in [0.3, 0.4) is 0 Å². The minimum Gasteiger partial charge on any atom is -0.383 e. The van der Waals surface area contributed by atoms with Crippen molar-refractivity contribution in [3.05, 3.63) is 77.9 Å².